The van der Waals surface area contributed by atoms with Gasteiger partial charge in [-0.15, -0.1) is 0 Å². The first-order chi connectivity index (χ1) is 16.5. The number of carbonyl (C=O) groups excluding carboxylic acids is 1. The van der Waals surface area contributed by atoms with Crippen molar-refractivity contribution in [2.45, 2.75) is 39.7 Å². The largest absolute Gasteiger partial charge is 0.493 e. The van der Waals surface area contributed by atoms with Crippen LogP contribution in [-0.4, -0.2) is 41.8 Å². The second kappa shape index (κ2) is 9.99. The molecule has 1 aromatic heterocycles. The number of rotatable bonds is 8. The predicted octanol–water partition coefficient (Wildman–Crippen LogP) is 5.36. The van der Waals surface area contributed by atoms with Gasteiger partial charge in [0.2, 0.25) is 5.82 Å². The maximum absolute atomic E-state index is 13.1. The van der Waals surface area contributed by atoms with E-state index in [1.807, 2.05) is 56.3 Å². The molecule has 1 N–H and O–H groups in total. The Hall–Kier alpha value is -3.81. The molecular formula is C26H30N4O4. The zero-order valence-electron chi connectivity index (χ0n) is 20.2. The Bertz CT molecular complexity index is 1220. The molecule has 3 aromatic rings. The smallest absolute Gasteiger partial charge is 0.322 e. The quantitative estimate of drug-likeness (QED) is 0.485. The number of nitrogens with zero attached hydrogens (tertiary/aromatic N) is 3. The van der Waals surface area contributed by atoms with Gasteiger partial charge in [-0.2, -0.15) is 4.98 Å². The van der Waals surface area contributed by atoms with Crippen LogP contribution in [-0.2, 0) is 0 Å². The fourth-order valence-corrected chi connectivity index (χ4v) is 4.16. The molecule has 8 nitrogen and oxygen atoms in total. The van der Waals surface area contributed by atoms with Gasteiger partial charge in [-0.3, -0.25) is 4.90 Å². The summed E-state index contributed by atoms with van der Waals surface area (Å²) < 4.78 is 16.6. The molecule has 0 aliphatic carbocycles. The summed E-state index contributed by atoms with van der Waals surface area (Å²) in [6, 6.07) is 12.9. The van der Waals surface area contributed by atoms with Crippen molar-refractivity contribution >= 4 is 11.6 Å². The van der Waals surface area contributed by atoms with E-state index in [0.29, 0.717) is 29.8 Å². The first kappa shape index (κ1) is 23.4. The molecule has 34 heavy (non-hydrogen) atoms. The molecule has 1 atom stereocenters. The first-order valence-electron chi connectivity index (χ1n) is 11.4. The lowest BCUT2D eigenvalue weighted by Crippen LogP contribution is -2.46. The molecule has 2 aromatic carbocycles. The molecule has 0 spiro atoms. The number of aromatic nitrogens is 2. The molecule has 0 radical (unpaired) electrons. The lowest BCUT2D eigenvalue weighted by Gasteiger charge is -2.35. The number of hydrogen-bond donors (Lipinski definition) is 1. The summed E-state index contributed by atoms with van der Waals surface area (Å²) in [7, 11) is 3.17. The van der Waals surface area contributed by atoms with E-state index in [2.05, 4.69) is 17.4 Å². The molecular weight excluding hydrogens is 432 g/mol. The van der Waals surface area contributed by atoms with Gasteiger partial charge in [0.25, 0.3) is 5.89 Å². The van der Waals surface area contributed by atoms with Crippen LogP contribution in [0.2, 0.25) is 0 Å². The van der Waals surface area contributed by atoms with Gasteiger partial charge in [0.1, 0.15) is 0 Å². The fourth-order valence-electron chi connectivity index (χ4n) is 4.16. The van der Waals surface area contributed by atoms with Gasteiger partial charge in [-0.25, -0.2) is 4.79 Å². The zero-order chi connectivity index (χ0) is 24.2. The van der Waals surface area contributed by atoms with Gasteiger partial charge in [-0.05, 0) is 44.0 Å². The monoisotopic (exact) mass is 462 g/mol. The highest BCUT2D eigenvalue weighted by molar-refractivity contribution is 5.87. The van der Waals surface area contributed by atoms with Crippen LogP contribution in [0.15, 0.2) is 52.7 Å². The molecule has 4 rings (SSSR count). The number of ether oxygens (including phenoxy) is 2. The Balaban J connectivity index is 1.82. The second-order valence-electron chi connectivity index (χ2n) is 8.29. The Morgan fingerprint density at radius 3 is 2.59 bits per heavy atom. The zero-order valence-corrected chi connectivity index (χ0v) is 20.2. The third kappa shape index (κ3) is 4.48. The van der Waals surface area contributed by atoms with Crippen LogP contribution < -0.4 is 14.8 Å². The van der Waals surface area contributed by atoms with Crippen LogP contribution >= 0.6 is 0 Å². The van der Waals surface area contributed by atoms with Crippen LogP contribution in [0.1, 0.15) is 49.7 Å². The van der Waals surface area contributed by atoms with Crippen LogP contribution in [0.25, 0.3) is 17.0 Å². The average molecular weight is 463 g/mol. The number of methoxy groups -OCH3 is 2. The third-order valence-electron chi connectivity index (χ3n) is 6.01. The van der Waals surface area contributed by atoms with Gasteiger partial charge in [0.05, 0.1) is 25.8 Å². The molecule has 178 valence electrons. The Morgan fingerprint density at radius 1 is 1.09 bits per heavy atom. The lowest BCUT2D eigenvalue weighted by atomic mass is 9.94. The van der Waals surface area contributed by atoms with Crippen molar-refractivity contribution in [2.24, 2.45) is 0 Å². The molecule has 0 bridgehead atoms. The van der Waals surface area contributed by atoms with Crippen molar-refractivity contribution in [1.29, 1.82) is 0 Å². The van der Waals surface area contributed by atoms with Crippen LogP contribution in [0.3, 0.4) is 0 Å². The number of carbonyl (C=O) groups is 1. The van der Waals surface area contributed by atoms with E-state index in [0.717, 1.165) is 40.8 Å². The van der Waals surface area contributed by atoms with Gasteiger partial charge in [0, 0.05) is 17.8 Å². The summed E-state index contributed by atoms with van der Waals surface area (Å²) in [5.74, 6) is 2.06. The highest BCUT2D eigenvalue weighted by Crippen LogP contribution is 2.40. The van der Waals surface area contributed by atoms with E-state index >= 15 is 0 Å². The minimum atomic E-state index is -0.490. The molecule has 2 amide bonds. The van der Waals surface area contributed by atoms with E-state index in [9.17, 15) is 4.79 Å². The Morgan fingerprint density at radius 2 is 1.88 bits per heavy atom. The van der Waals surface area contributed by atoms with E-state index in [1.54, 1.807) is 19.1 Å². The first-order valence-corrected chi connectivity index (χ1v) is 11.4. The molecule has 1 unspecified atom stereocenters. The minimum absolute atomic E-state index is 0.159. The van der Waals surface area contributed by atoms with Crippen LogP contribution in [0.5, 0.6) is 11.5 Å². The summed E-state index contributed by atoms with van der Waals surface area (Å²) in [5.41, 5.74) is 4.35. The number of benzene rings is 2. The van der Waals surface area contributed by atoms with Gasteiger partial charge >= 0.3 is 6.03 Å². The number of amides is 2. The molecule has 0 saturated carbocycles. The maximum atomic E-state index is 13.1. The lowest BCUT2D eigenvalue weighted by molar-refractivity contribution is 0.204. The molecule has 0 saturated heterocycles. The molecule has 8 heteroatoms. The van der Waals surface area contributed by atoms with Crippen molar-refractivity contribution in [3.05, 3.63) is 65.2 Å². The van der Waals surface area contributed by atoms with E-state index < -0.39 is 6.04 Å². The molecule has 2 heterocycles. The van der Waals surface area contributed by atoms with Crippen molar-refractivity contribution in [1.82, 2.24) is 20.4 Å². The SMILES string of the molecule is CCCCN1C(=O)NC(c2ccc(OC)c(OC)c2)C(c2nc(-c3cccc(C)c3)no2)=C1C. The van der Waals surface area contributed by atoms with Crippen molar-refractivity contribution in [3.63, 3.8) is 0 Å². The Labute approximate surface area is 199 Å². The fraction of sp³-hybridized carbons (Fsp3) is 0.346. The van der Waals surface area contributed by atoms with E-state index in [1.165, 1.54) is 0 Å². The van der Waals surface area contributed by atoms with Crippen molar-refractivity contribution < 1.29 is 18.8 Å². The van der Waals surface area contributed by atoms with Gasteiger partial charge < -0.3 is 19.3 Å². The highest BCUT2D eigenvalue weighted by Gasteiger charge is 2.36. The highest BCUT2D eigenvalue weighted by atomic mass is 16.5. The number of aryl methyl sites for hydroxylation is 1. The summed E-state index contributed by atoms with van der Waals surface area (Å²) in [6.07, 6.45) is 1.86. The summed E-state index contributed by atoms with van der Waals surface area (Å²) in [4.78, 5) is 19.5. The number of allylic oxidation sites excluding steroid dienone is 1. The number of nitrogens with one attached hydrogen (secondary N) is 1. The third-order valence-corrected chi connectivity index (χ3v) is 6.01. The molecule has 0 fully saturated rings. The number of unbranched alkanes of at least 4 members (excludes halogenated alkanes) is 1. The second-order valence-corrected chi connectivity index (χ2v) is 8.29. The maximum Gasteiger partial charge on any atom is 0.322 e. The van der Waals surface area contributed by atoms with Crippen LogP contribution in [0, 0.1) is 6.92 Å². The number of hydrogen-bond acceptors (Lipinski definition) is 6. The molecule has 1 aliphatic heterocycles. The normalized spacial score (nSPS) is 16.0. The summed E-state index contributed by atoms with van der Waals surface area (Å²) in [5, 5.41) is 7.36. The molecule has 1 aliphatic rings. The average Bonchev–Trinajstić information content (AvgIpc) is 3.33. The van der Waals surface area contributed by atoms with E-state index in [-0.39, 0.29) is 6.03 Å². The topological polar surface area (TPSA) is 89.7 Å². The van der Waals surface area contributed by atoms with Crippen molar-refractivity contribution in [2.75, 3.05) is 20.8 Å². The Kier molecular flexibility index (Phi) is 6.86. The van der Waals surface area contributed by atoms with E-state index in [4.69, 9.17) is 19.0 Å². The summed E-state index contributed by atoms with van der Waals surface area (Å²) in [6.45, 7) is 6.65. The van der Waals surface area contributed by atoms with Crippen molar-refractivity contribution in [3.8, 4) is 22.9 Å². The minimum Gasteiger partial charge on any atom is -0.493 e. The predicted molar refractivity (Wildman–Crippen MR) is 129 cm³/mol. The van der Waals surface area contributed by atoms with Gasteiger partial charge in [-0.1, -0.05) is 48.3 Å². The van der Waals surface area contributed by atoms with Crippen LogP contribution in [0.4, 0.5) is 4.79 Å². The summed E-state index contributed by atoms with van der Waals surface area (Å²) >= 11 is 0. The number of urea groups is 1. The van der Waals surface area contributed by atoms with Gasteiger partial charge in [0.15, 0.2) is 11.5 Å². The standard InChI is InChI=1S/C26H30N4O4/c1-6-7-13-30-17(3)22(25-28-24(29-34-25)19-10-8-9-16(2)14-19)23(27-26(30)31)18-11-12-20(32-4)21(15-18)33-5/h8-12,14-15,23H,6-7,13H2,1-5H3,(H,27,31).